The minimum atomic E-state index is -0.558. The minimum Gasteiger partial charge on any atom is -0.436 e. The number of ether oxygens (including phenoxy) is 1. The lowest BCUT2D eigenvalue weighted by molar-refractivity contribution is -0.135. The molecule has 1 saturated heterocycles. The average molecular weight is 421 g/mol. The molecule has 0 bridgehead atoms. The fourth-order valence-electron chi connectivity index (χ4n) is 3.32. The lowest BCUT2D eigenvalue weighted by atomic mass is 9.91. The Bertz CT molecular complexity index is 887. The monoisotopic (exact) mass is 420 g/mol. The van der Waals surface area contributed by atoms with E-state index in [2.05, 4.69) is 35.6 Å². The van der Waals surface area contributed by atoms with Gasteiger partial charge in [0.05, 0.1) is 0 Å². The Morgan fingerprint density at radius 1 is 1.28 bits per heavy atom. The van der Waals surface area contributed by atoms with Crippen molar-refractivity contribution < 1.29 is 13.9 Å². The first-order chi connectivity index (χ1) is 13.6. The number of hydrogen-bond donors (Lipinski definition) is 0. The fourth-order valence-corrected chi connectivity index (χ4v) is 3.48. The van der Waals surface area contributed by atoms with Crippen LogP contribution < -0.4 is 9.64 Å². The molecule has 1 amide bonds. The summed E-state index contributed by atoms with van der Waals surface area (Å²) in [7, 11) is 0. The largest absolute Gasteiger partial charge is 0.436 e. The van der Waals surface area contributed by atoms with Crippen molar-refractivity contribution >= 4 is 23.3 Å². The van der Waals surface area contributed by atoms with Crippen molar-refractivity contribution in [3.8, 4) is 11.6 Å². The normalized spacial score (nSPS) is 17.4. The third-order valence-electron chi connectivity index (χ3n) is 4.69. The molecule has 1 aliphatic heterocycles. The molecular formula is C21H26ClFN4O2. The Kier molecular flexibility index (Phi) is 6.27. The molecule has 1 aliphatic rings. The minimum absolute atomic E-state index is 0.0379. The van der Waals surface area contributed by atoms with Crippen LogP contribution in [0.25, 0.3) is 0 Å². The maximum absolute atomic E-state index is 14.0. The molecule has 0 saturated carbocycles. The van der Waals surface area contributed by atoms with Crippen molar-refractivity contribution in [1.29, 1.82) is 0 Å². The third-order valence-corrected chi connectivity index (χ3v) is 4.92. The quantitative estimate of drug-likeness (QED) is 0.727. The van der Waals surface area contributed by atoms with Gasteiger partial charge in [0.2, 0.25) is 11.8 Å². The smallest absolute Gasteiger partial charge is 0.224 e. The van der Waals surface area contributed by atoms with Crippen LogP contribution in [0.15, 0.2) is 30.6 Å². The summed E-state index contributed by atoms with van der Waals surface area (Å²) in [5.41, 5.74) is -0.0379. The van der Waals surface area contributed by atoms with Gasteiger partial charge in [-0.3, -0.25) is 4.79 Å². The van der Waals surface area contributed by atoms with Gasteiger partial charge in [0.25, 0.3) is 0 Å². The zero-order chi connectivity index (χ0) is 21.2. The molecule has 0 N–H and O–H groups in total. The van der Waals surface area contributed by atoms with E-state index in [0.29, 0.717) is 36.9 Å². The van der Waals surface area contributed by atoms with Crippen molar-refractivity contribution in [2.24, 2.45) is 5.41 Å². The van der Waals surface area contributed by atoms with Crippen LogP contribution in [-0.4, -0.2) is 46.5 Å². The average Bonchev–Trinajstić information content (AvgIpc) is 2.63. The molecule has 1 aromatic carbocycles. The first-order valence-corrected chi connectivity index (χ1v) is 9.99. The predicted molar refractivity (Wildman–Crippen MR) is 111 cm³/mol. The standard InChI is InChI=1S/C21H26ClFN4O2/c1-14-12-26(7-8-27(14)20(28)11-21(2,3)4)18-10-19(25-13-24-18)29-17-6-5-15(22)9-16(17)23/h5-6,9-10,13-14H,7-8,11-12H2,1-4H3. The van der Waals surface area contributed by atoms with Crippen LogP contribution in [0.2, 0.25) is 5.02 Å². The Morgan fingerprint density at radius 3 is 2.69 bits per heavy atom. The number of hydrogen-bond acceptors (Lipinski definition) is 5. The van der Waals surface area contributed by atoms with E-state index < -0.39 is 5.82 Å². The number of nitrogens with zero attached hydrogens (tertiary/aromatic N) is 4. The zero-order valence-corrected chi connectivity index (χ0v) is 17.9. The number of amides is 1. The molecule has 6 nitrogen and oxygen atoms in total. The Hall–Kier alpha value is -2.41. The molecule has 156 valence electrons. The molecule has 2 heterocycles. The van der Waals surface area contributed by atoms with E-state index in [1.54, 1.807) is 12.1 Å². The number of halogens is 2. The number of aromatic nitrogens is 2. The highest BCUT2D eigenvalue weighted by Crippen LogP contribution is 2.28. The molecule has 2 aromatic rings. The number of carbonyl (C=O) groups excluding carboxylic acids is 1. The summed E-state index contributed by atoms with van der Waals surface area (Å²) in [4.78, 5) is 25.0. The first-order valence-electron chi connectivity index (χ1n) is 9.62. The zero-order valence-electron chi connectivity index (χ0n) is 17.2. The van der Waals surface area contributed by atoms with Gasteiger partial charge >= 0.3 is 0 Å². The van der Waals surface area contributed by atoms with Gasteiger partial charge in [0.15, 0.2) is 11.6 Å². The van der Waals surface area contributed by atoms with Gasteiger partial charge in [-0.2, -0.15) is 0 Å². The molecule has 1 aromatic heterocycles. The summed E-state index contributed by atoms with van der Waals surface area (Å²) in [6, 6.07) is 5.94. The van der Waals surface area contributed by atoms with Gasteiger partial charge in [-0.15, -0.1) is 0 Å². The summed E-state index contributed by atoms with van der Waals surface area (Å²) >= 11 is 5.77. The van der Waals surface area contributed by atoms with Gasteiger partial charge in [0.1, 0.15) is 12.1 Å². The van der Waals surface area contributed by atoms with Crippen LogP contribution in [0, 0.1) is 11.2 Å². The Morgan fingerprint density at radius 2 is 2.03 bits per heavy atom. The van der Waals surface area contributed by atoms with E-state index in [1.165, 1.54) is 18.5 Å². The van der Waals surface area contributed by atoms with Crippen molar-refractivity contribution in [2.75, 3.05) is 24.5 Å². The lowest BCUT2D eigenvalue weighted by Crippen LogP contribution is -2.54. The molecule has 0 aliphatic carbocycles. The summed E-state index contributed by atoms with van der Waals surface area (Å²) in [5.74, 6) is 0.589. The van der Waals surface area contributed by atoms with Crippen molar-refractivity contribution in [3.63, 3.8) is 0 Å². The molecule has 3 rings (SSSR count). The predicted octanol–water partition coefficient (Wildman–Crippen LogP) is 4.53. The maximum Gasteiger partial charge on any atom is 0.224 e. The van der Waals surface area contributed by atoms with E-state index in [9.17, 15) is 9.18 Å². The number of rotatable bonds is 4. The molecule has 1 atom stereocenters. The maximum atomic E-state index is 14.0. The summed E-state index contributed by atoms with van der Waals surface area (Å²) < 4.78 is 19.5. The number of anilines is 1. The highest BCUT2D eigenvalue weighted by atomic mass is 35.5. The van der Waals surface area contributed by atoms with Crippen LogP contribution in [-0.2, 0) is 4.79 Å². The lowest BCUT2D eigenvalue weighted by Gasteiger charge is -2.41. The molecule has 8 heteroatoms. The second-order valence-corrected chi connectivity index (χ2v) is 8.95. The SMILES string of the molecule is CC1CN(c2cc(Oc3ccc(Cl)cc3F)ncn2)CCN1C(=O)CC(C)(C)C. The van der Waals surface area contributed by atoms with Crippen LogP contribution >= 0.6 is 11.6 Å². The van der Waals surface area contributed by atoms with Crippen LogP contribution in [0.4, 0.5) is 10.2 Å². The number of benzene rings is 1. The van der Waals surface area contributed by atoms with Crippen LogP contribution in [0.5, 0.6) is 11.6 Å². The third kappa shape index (κ3) is 5.56. The van der Waals surface area contributed by atoms with E-state index in [4.69, 9.17) is 16.3 Å². The topological polar surface area (TPSA) is 58.6 Å². The molecule has 1 fully saturated rings. The van der Waals surface area contributed by atoms with Crippen LogP contribution in [0.1, 0.15) is 34.1 Å². The highest BCUT2D eigenvalue weighted by Gasteiger charge is 2.30. The molecule has 0 radical (unpaired) electrons. The first kappa shape index (κ1) is 21.3. The van der Waals surface area contributed by atoms with Gasteiger partial charge in [-0.05, 0) is 30.5 Å². The second-order valence-electron chi connectivity index (χ2n) is 8.51. The Balaban J connectivity index is 1.68. The molecule has 0 spiro atoms. The number of piperazine rings is 1. The summed E-state index contributed by atoms with van der Waals surface area (Å²) in [5, 5.41) is 0.297. The van der Waals surface area contributed by atoms with E-state index >= 15 is 0 Å². The molecular weight excluding hydrogens is 395 g/mol. The molecule has 1 unspecified atom stereocenters. The molecule has 29 heavy (non-hydrogen) atoms. The van der Waals surface area contributed by atoms with Crippen molar-refractivity contribution in [1.82, 2.24) is 14.9 Å². The van der Waals surface area contributed by atoms with Gasteiger partial charge in [-0.1, -0.05) is 32.4 Å². The number of carbonyl (C=O) groups is 1. The summed E-state index contributed by atoms with van der Waals surface area (Å²) in [6.45, 7) is 10.2. The van der Waals surface area contributed by atoms with E-state index in [1.807, 2.05) is 11.8 Å². The van der Waals surface area contributed by atoms with Gasteiger partial charge in [-0.25, -0.2) is 14.4 Å². The van der Waals surface area contributed by atoms with Gasteiger partial charge in [0, 0.05) is 43.2 Å². The highest BCUT2D eigenvalue weighted by molar-refractivity contribution is 6.30. The van der Waals surface area contributed by atoms with E-state index in [0.717, 1.165) is 0 Å². The van der Waals surface area contributed by atoms with Crippen LogP contribution in [0.3, 0.4) is 0 Å². The summed E-state index contributed by atoms with van der Waals surface area (Å²) in [6.07, 6.45) is 1.91. The van der Waals surface area contributed by atoms with Gasteiger partial charge < -0.3 is 14.5 Å². The van der Waals surface area contributed by atoms with Crippen molar-refractivity contribution in [3.05, 3.63) is 41.4 Å². The Labute approximate surface area is 175 Å². The van der Waals surface area contributed by atoms with Crippen molar-refractivity contribution in [2.45, 2.75) is 40.2 Å². The fraction of sp³-hybridized carbons (Fsp3) is 0.476. The van der Waals surface area contributed by atoms with E-state index in [-0.39, 0.29) is 29.0 Å². The second kappa shape index (κ2) is 8.53.